The number of hydrogen-bond acceptors (Lipinski definition) is 7. The maximum absolute atomic E-state index is 12.4. The molecule has 2 aromatic heterocycles. The molecule has 0 radical (unpaired) electrons. The molecule has 0 aliphatic carbocycles. The monoisotopic (exact) mass is 403 g/mol. The lowest BCUT2D eigenvalue weighted by Crippen LogP contribution is -2.29. The molecule has 1 N–H and O–H groups in total. The van der Waals surface area contributed by atoms with Crippen molar-refractivity contribution < 1.29 is 9.53 Å². The van der Waals surface area contributed by atoms with Gasteiger partial charge in [-0.15, -0.1) is 5.10 Å². The minimum Gasteiger partial charge on any atom is -0.496 e. The van der Waals surface area contributed by atoms with Gasteiger partial charge in [-0.1, -0.05) is 12.1 Å². The highest BCUT2D eigenvalue weighted by atomic mass is 16.5. The summed E-state index contributed by atoms with van der Waals surface area (Å²) in [5.41, 5.74) is 2.21. The molecule has 2 aromatic carbocycles. The van der Waals surface area contributed by atoms with Gasteiger partial charge in [-0.05, 0) is 52.9 Å². The second-order valence-electron chi connectivity index (χ2n) is 6.26. The number of ether oxygens (including phenoxy) is 1. The number of tetrazole rings is 1. The van der Waals surface area contributed by atoms with Gasteiger partial charge >= 0.3 is 0 Å². The van der Waals surface area contributed by atoms with E-state index >= 15 is 0 Å². The average molecular weight is 403 g/mol. The molecule has 0 saturated carbocycles. The van der Waals surface area contributed by atoms with Crippen molar-refractivity contribution in [2.45, 2.75) is 6.54 Å². The van der Waals surface area contributed by atoms with Gasteiger partial charge in [-0.2, -0.15) is 5.10 Å². The Morgan fingerprint density at radius 3 is 2.60 bits per heavy atom. The van der Waals surface area contributed by atoms with Crippen molar-refractivity contribution >= 4 is 11.6 Å². The van der Waals surface area contributed by atoms with Crippen LogP contribution in [-0.2, 0) is 11.3 Å². The molecule has 0 unspecified atom stereocenters. The average Bonchev–Trinajstić information content (AvgIpc) is 3.31. The van der Waals surface area contributed by atoms with Crippen molar-refractivity contribution in [2.24, 2.45) is 0 Å². The summed E-state index contributed by atoms with van der Waals surface area (Å²) in [7, 11) is 1.56. The van der Waals surface area contributed by atoms with Gasteiger partial charge < -0.3 is 10.1 Å². The molecule has 4 rings (SSSR count). The van der Waals surface area contributed by atoms with Gasteiger partial charge in [0.15, 0.2) is 0 Å². The van der Waals surface area contributed by atoms with Crippen LogP contribution in [0.1, 0.15) is 0 Å². The highest BCUT2D eigenvalue weighted by Gasteiger charge is 2.11. The number of hydrogen-bond donors (Lipinski definition) is 1. The number of para-hydroxylation sites is 1. The van der Waals surface area contributed by atoms with Crippen molar-refractivity contribution in [2.75, 3.05) is 12.4 Å². The Labute approximate surface area is 170 Å². The lowest BCUT2D eigenvalue weighted by Gasteiger charge is -2.10. The van der Waals surface area contributed by atoms with Crippen LogP contribution in [0.15, 0.2) is 71.8 Å². The van der Waals surface area contributed by atoms with Crippen LogP contribution in [0, 0.1) is 0 Å². The van der Waals surface area contributed by atoms with Crippen LogP contribution in [0.3, 0.4) is 0 Å². The minimum absolute atomic E-state index is 0.226. The summed E-state index contributed by atoms with van der Waals surface area (Å²) >= 11 is 0. The summed E-state index contributed by atoms with van der Waals surface area (Å²) in [6.45, 7) is -0.226. The van der Waals surface area contributed by atoms with Crippen molar-refractivity contribution in [1.29, 1.82) is 0 Å². The Kier molecular flexibility index (Phi) is 5.29. The molecule has 0 atom stereocenters. The van der Waals surface area contributed by atoms with Gasteiger partial charge in [-0.25, -0.2) is 9.36 Å². The maximum atomic E-state index is 12.4. The Bertz CT molecular complexity index is 1220. The molecule has 4 aromatic rings. The molecular weight excluding hydrogens is 386 g/mol. The largest absolute Gasteiger partial charge is 0.496 e. The van der Waals surface area contributed by atoms with Crippen LogP contribution in [0.25, 0.3) is 16.9 Å². The minimum atomic E-state index is -0.378. The Morgan fingerprint density at radius 2 is 1.87 bits per heavy atom. The fourth-order valence-corrected chi connectivity index (χ4v) is 2.88. The van der Waals surface area contributed by atoms with E-state index < -0.39 is 0 Å². The number of nitrogens with one attached hydrogen (secondary N) is 1. The van der Waals surface area contributed by atoms with Gasteiger partial charge in [0.05, 0.1) is 18.5 Å². The highest BCUT2D eigenvalue weighted by molar-refractivity contribution is 5.90. The normalized spacial score (nSPS) is 10.6. The number of amides is 1. The molecule has 150 valence electrons. The molecule has 0 aliphatic rings. The topological polar surface area (TPSA) is 117 Å². The van der Waals surface area contributed by atoms with E-state index in [1.807, 2.05) is 18.2 Å². The molecule has 10 nitrogen and oxygen atoms in total. The first kappa shape index (κ1) is 19.0. The van der Waals surface area contributed by atoms with Gasteiger partial charge in [0.25, 0.3) is 5.56 Å². The van der Waals surface area contributed by atoms with Crippen molar-refractivity contribution in [1.82, 2.24) is 30.0 Å². The van der Waals surface area contributed by atoms with Crippen molar-refractivity contribution in [3.05, 3.63) is 77.3 Å². The predicted octanol–water partition coefficient (Wildman–Crippen LogP) is 1.53. The van der Waals surface area contributed by atoms with E-state index in [4.69, 9.17) is 4.74 Å². The maximum Gasteiger partial charge on any atom is 0.267 e. The number of carbonyl (C=O) groups excluding carboxylic acids is 1. The van der Waals surface area contributed by atoms with E-state index in [1.165, 1.54) is 17.1 Å². The zero-order chi connectivity index (χ0) is 20.9. The molecule has 30 heavy (non-hydrogen) atoms. The van der Waals surface area contributed by atoms with E-state index in [0.717, 1.165) is 15.9 Å². The molecule has 0 bridgehead atoms. The first-order valence-corrected chi connectivity index (χ1v) is 8.99. The lowest BCUT2D eigenvalue weighted by molar-refractivity contribution is -0.117. The van der Waals surface area contributed by atoms with E-state index in [1.54, 1.807) is 43.5 Å². The van der Waals surface area contributed by atoms with Gasteiger partial charge in [0.1, 0.15) is 18.6 Å². The first-order chi connectivity index (χ1) is 14.6. The SMILES string of the molecule is COc1ccccc1-c1ccc(=O)n(CC(=O)Nc2ccc(-n3cnnn3)cc2)n1. The second kappa shape index (κ2) is 8.35. The third-order valence-electron chi connectivity index (χ3n) is 4.31. The van der Waals surface area contributed by atoms with Gasteiger partial charge in [-0.3, -0.25) is 9.59 Å². The summed E-state index contributed by atoms with van der Waals surface area (Å²) < 4.78 is 7.96. The fraction of sp³-hybridized carbons (Fsp3) is 0.100. The molecule has 0 spiro atoms. The number of methoxy groups -OCH3 is 1. The molecule has 0 fully saturated rings. The number of benzene rings is 2. The third kappa shape index (κ3) is 4.07. The summed E-state index contributed by atoms with van der Waals surface area (Å²) in [5, 5.41) is 18.0. The van der Waals surface area contributed by atoms with Crippen LogP contribution >= 0.6 is 0 Å². The molecule has 0 saturated heterocycles. The number of rotatable bonds is 6. The molecular formula is C20H17N7O3. The predicted molar refractivity (Wildman–Crippen MR) is 108 cm³/mol. The molecule has 1 amide bonds. The molecule has 0 aliphatic heterocycles. The number of nitrogens with zero attached hydrogens (tertiary/aromatic N) is 6. The summed E-state index contributed by atoms with van der Waals surface area (Å²) in [6, 6.07) is 17.3. The number of anilines is 1. The number of aromatic nitrogens is 6. The standard InChI is InChI=1S/C20H17N7O3/c1-30-18-5-3-2-4-16(18)17-10-11-20(29)26(23-17)12-19(28)22-14-6-8-15(9-7-14)27-13-21-24-25-27/h2-11,13H,12H2,1H3,(H,22,28). The second-order valence-corrected chi connectivity index (χ2v) is 6.26. The zero-order valence-electron chi connectivity index (χ0n) is 16.0. The van der Waals surface area contributed by atoms with E-state index in [0.29, 0.717) is 17.1 Å². The first-order valence-electron chi connectivity index (χ1n) is 8.99. The Balaban J connectivity index is 1.50. The quantitative estimate of drug-likeness (QED) is 0.519. The van der Waals surface area contributed by atoms with Gasteiger partial charge in [0, 0.05) is 17.3 Å². The smallest absolute Gasteiger partial charge is 0.267 e. The number of carbonyl (C=O) groups is 1. The van der Waals surface area contributed by atoms with Crippen LogP contribution in [0.4, 0.5) is 5.69 Å². The Morgan fingerprint density at radius 1 is 1.07 bits per heavy atom. The van der Waals surface area contributed by atoms with Gasteiger partial charge in [0.2, 0.25) is 5.91 Å². The van der Waals surface area contributed by atoms with Crippen LogP contribution in [0.2, 0.25) is 0 Å². The van der Waals surface area contributed by atoms with Crippen molar-refractivity contribution in [3.8, 4) is 22.7 Å². The molecule has 2 heterocycles. The van der Waals surface area contributed by atoms with Crippen molar-refractivity contribution in [3.63, 3.8) is 0 Å². The Hall–Kier alpha value is -4.34. The van der Waals surface area contributed by atoms with E-state index in [-0.39, 0.29) is 18.0 Å². The summed E-state index contributed by atoms with van der Waals surface area (Å²) in [4.78, 5) is 24.6. The lowest BCUT2D eigenvalue weighted by atomic mass is 10.1. The zero-order valence-corrected chi connectivity index (χ0v) is 16.0. The highest BCUT2D eigenvalue weighted by Crippen LogP contribution is 2.27. The molecule has 10 heteroatoms. The van der Waals surface area contributed by atoms with Crippen LogP contribution in [0.5, 0.6) is 5.75 Å². The van der Waals surface area contributed by atoms with E-state index in [2.05, 4.69) is 25.9 Å². The third-order valence-corrected chi connectivity index (χ3v) is 4.31. The fourth-order valence-electron chi connectivity index (χ4n) is 2.88. The summed E-state index contributed by atoms with van der Waals surface area (Å²) in [6.07, 6.45) is 1.47. The van der Waals surface area contributed by atoms with Crippen LogP contribution in [-0.4, -0.2) is 43.0 Å². The van der Waals surface area contributed by atoms with Crippen LogP contribution < -0.4 is 15.6 Å². The van der Waals surface area contributed by atoms with E-state index in [9.17, 15) is 9.59 Å². The summed E-state index contributed by atoms with van der Waals surface area (Å²) in [5.74, 6) is 0.249.